The Hall–Kier alpha value is -1.11. The number of benzene rings is 1. The van der Waals surface area contributed by atoms with Crippen LogP contribution in [0.5, 0.6) is 0 Å². The van der Waals surface area contributed by atoms with E-state index in [1.165, 1.54) is 32.1 Å². The first-order valence-corrected chi connectivity index (χ1v) is 10.6. The first-order valence-electron chi connectivity index (χ1n) is 10.6. The Labute approximate surface area is 166 Å². The molecule has 28 heavy (non-hydrogen) atoms. The monoisotopic (exact) mass is 404 g/mol. The summed E-state index contributed by atoms with van der Waals surface area (Å²) in [7, 11) is 0. The van der Waals surface area contributed by atoms with E-state index in [9.17, 15) is 13.2 Å². The van der Waals surface area contributed by atoms with Gasteiger partial charge in [-0.15, -0.1) is 0 Å². The number of ether oxygens (including phenoxy) is 1. The average Bonchev–Trinajstić information content (AvgIpc) is 2.64. The van der Waals surface area contributed by atoms with Gasteiger partial charge < -0.3 is 14.9 Å². The summed E-state index contributed by atoms with van der Waals surface area (Å²) in [5, 5.41) is 18.2. The summed E-state index contributed by atoms with van der Waals surface area (Å²) in [6.07, 6.45) is 12.5. The number of aliphatic hydroxyl groups is 2. The number of aryl methyl sites for hydroxylation is 1. The normalized spacial score (nSPS) is 12.7. The second-order valence-corrected chi connectivity index (χ2v) is 7.47. The molecule has 0 amide bonds. The van der Waals surface area contributed by atoms with Gasteiger partial charge in [-0.2, -0.15) is 0 Å². The van der Waals surface area contributed by atoms with E-state index in [-0.39, 0.29) is 6.10 Å². The summed E-state index contributed by atoms with van der Waals surface area (Å²) >= 11 is 0. The van der Waals surface area contributed by atoms with Gasteiger partial charge in [-0.3, -0.25) is 0 Å². The van der Waals surface area contributed by atoms with E-state index in [1.54, 1.807) is 0 Å². The molecule has 0 fully saturated rings. The van der Waals surface area contributed by atoms with E-state index in [0.29, 0.717) is 18.4 Å². The first-order chi connectivity index (χ1) is 13.4. The molecule has 1 aromatic carbocycles. The van der Waals surface area contributed by atoms with Crippen LogP contribution < -0.4 is 0 Å². The minimum absolute atomic E-state index is 0.198. The van der Waals surface area contributed by atoms with E-state index < -0.39 is 23.9 Å². The Morgan fingerprint density at radius 1 is 0.786 bits per heavy atom. The molecule has 6 heteroatoms. The fourth-order valence-corrected chi connectivity index (χ4v) is 3.41. The van der Waals surface area contributed by atoms with Crippen LogP contribution in [-0.4, -0.2) is 22.8 Å². The third-order valence-corrected chi connectivity index (χ3v) is 4.98. The van der Waals surface area contributed by atoms with Crippen LogP contribution in [0.2, 0.25) is 0 Å². The zero-order valence-corrected chi connectivity index (χ0v) is 16.9. The third-order valence-electron chi connectivity index (χ3n) is 4.98. The largest absolute Gasteiger partial charge is 0.346 e. The van der Waals surface area contributed by atoms with Crippen molar-refractivity contribution in [3.05, 3.63) is 35.1 Å². The number of aliphatic hydroxyl groups excluding tert-OH is 1. The number of unbranched alkanes of at least 4 members (excludes halogenated alkanes) is 8. The maximum absolute atomic E-state index is 13.2. The highest BCUT2D eigenvalue weighted by atomic mass is 19.2. The van der Waals surface area contributed by atoms with Gasteiger partial charge in [-0.25, -0.2) is 13.2 Å². The zero-order chi connectivity index (χ0) is 20.8. The van der Waals surface area contributed by atoms with Crippen molar-refractivity contribution >= 4 is 0 Å². The summed E-state index contributed by atoms with van der Waals surface area (Å²) in [4.78, 5) is 0. The predicted octanol–water partition coefficient (Wildman–Crippen LogP) is 6.00. The number of hydrogen-bond donors (Lipinski definition) is 2. The van der Waals surface area contributed by atoms with Gasteiger partial charge in [0.1, 0.15) is 0 Å². The van der Waals surface area contributed by atoms with Crippen molar-refractivity contribution in [1.29, 1.82) is 0 Å². The van der Waals surface area contributed by atoms with Gasteiger partial charge in [-0.05, 0) is 43.4 Å². The van der Waals surface area contributed by atoms with Crippen LogP contribution in [0.3, 0.4) is 0 Å². The van der Waals surface area contributed by atoms with Crippen molar-refractivity contribution in [1.82, 2.24) is 0 Å². The average molecular weight is 405 g/mol. The lowest BCUT2D eigenvalue weighted by Gasteiger charge is -2.19. The fourth-order valence-electron chi connectivity index (χ4n) is 3.41. The quantitative estimate of drug-likeness (QED) is 0.202. The fraction of sp³-hybridized carbons (Fsp3) is 0.727. The molecule has 0 saturated heterocycles. The Morgan fingerprint density at radius 3 is 1.82 bits per heavy atom. The first kappa shape index (κ1) is 24.9. The molecule has 1 rings (SSSR count). The second kappa shape index (κ2) is 14.8. The molecule has 0 aliphatic carbocycles. The minimum Gasteiger partial charge on any atom is -0.346 e. The number of halogens is 3. The maximum atomic E-state index is 13.2. The van der Waals surface area contributed by atoms with E-state index in [0.717, 1.165) is 50.7 Å². The van der Waals surface area contributed by atoms with Crippen LogP contribution in [0.25, 0.3) is 0 Å². The second-order valence-electron chi connectivity index (χ2n) is 7.47. The van der Waals surface area contributed by atoms with Gasteiger partial charge in [0.25, 0.3) is 6.48 Å². The van der Waals surface area contributed by atoms with Gasteiger partial charge in [-0.1, -0.05) is 64.7 Å². The predicted molar refractivity (Wildman–Crippen MR) is 104 cm³/mol. The SMILES string of the molecule is CCCCCCCCCC(CCCCCc1cc(F)c(F)c(F)c1)OC(O)O. The lowest BCUT2D eigenvalue weighted by Crippen LogP contribution is -2.21. The summed E-state index contributed by atoms with van der Waals surface area (Å²) in [6, 6.07) is 2.07. The van der Waals surface area contributed by atoms with Crippen LogP contribution in [0.1, 0.15) is 89.5 Å². The molecule has 0 saturated carbocycles. The highest BCUT2D eigenvalue weighted by Gasteiger charge is 2.13. The molecule has 0 spiro atoms. The van der Waals surface area contributed by atoms with Crippen molar-refractivity contribution in [2.75, 3.05) is 0 Å². The summed E-state index contributed by atoms with van der Waals surface area (Å²) in [5.74, 6) is -3.75. The van der Waals surface area contributed by atoms with Crippen molar-refractivity contribution in [3.63, 3.8) is 0 Å². The molecule has 0 bridgehead atoms. The zero-order valence-electron chi connectivity index (χ0n) is 16.9. The smallest absolute Gasteiger partial charge is 0.266 e. The van der Waals surface area contributed by atoms with Gasteiger partial charge in [0, 0.05) is 0 Å². The molecular weight excluding hydrogens is 369 g/mol. The van der Waals surface area contributed by atoms with E-state index >= 15 is 0 Å². The summed E-state index contributed by atoms with van der Waals surface area (Å²) in [5.41, 5.74) is 0.443. The molecule has 1 atom stereocenters. The van der Waals surface area contributed by atoms with Crippen LogP contribution in [0.4, 0.5) is 13.2 Å². The molecule has 0 heterocycles. The van der Waals surface area contributed by atoms with E-state index in [1.807, 2.05) is 0 Å². The molecular formula is C22H35F3O3. The molecule has 0 aliphatic rings. The van der Waals surface area contributed by atoms with Gasteiger partial charge in [0.05, 0.1) is 6.10 Å². The number of rotatable bonds is 16. The molecule has 1 unspecified atom stereocenters. The maximum Gasteiger partial charge on any atom is 0.266 e. The van der Waals surface area contributed by atoms with Crippen molar-refractivity contribution < 1.29 is 28.1 Å². The van der Waals surface area contributed by atoms with Crippen LogP contribution >= 0.6 is 0 Å². The Bertz CT molecular complexity index is 515. The molecule has 0 aliphatic heterocycles. The van der Waals surface area contributed by atoms with Crippen LogP contribution in [0.15, 0.2) is 12.1 Å². The highest BCUT2D eigenvalue weighted by Crippen LogP contribution is 2.19. The molecule has 2 N–H and O–H groups in total. The summed E-state index contributed by atoms with van der Waals surface area (Å²) < 4.78 is 44.5. The number of hydrogen-bond acceptors (Lipinski definition) is 3. The Morgan fingerprint density at radius 2 is 1.29 bits per heavy atom. The molecule has 1 aromatic rings. The van der Waals surface area contributed by atoms with E-state index in [2.05, 4.69) is 6.92 Å². The van der Waals surface area contributed by atoms with Gasteiger partial charge in [0.2, 0.25) is 0 Å². The lowest BCUT2D eigenvalue weighted by atomic mass is 10.0. The van der Waals surface area contributed by atoms with Crippen LogP contribution in [0, 0.1) is 17.5 Å². The lowest BCUT2D eigenvalue weighted by molar-refractivity contribution is -0.257. The van der Waals surface area contributed by atoms with Crippen molar-refractivity contribution in [2.45, 2.75) is 103 Å². The third kappa shape index (κ3) is 11.0. The molecule has 162 valence electrons. The van der Waals surface area contributed by atoms with E-state index in [4.69, 9.17) is 14.9 Å². The highest BCUT2D eigenvalue weighted by molar-refractivity contribution is 5.19. The Balaban J connectivity index is 2.22. The topological polar surface area (TPSA) is 49.7 Å². The Kier molecular flexibility index (Phi) is 13.2. The van der Waals surface area contributed by atoms with Crippen LogP contribution in [-0.2, 0) is 11.2 Å². The van der Waals surface area contributed by atoms with Gasteiger partial charge in [0.15, 0.2) is 17.5 Å². The molecule has 0 aromatic heterocycles. The standard InChI is InChI=1S/C22H35F3O3/c1-2-3-4-5-6-7-10-13-18(28-22(26)27)14-11-8-9-12-17-15-19(23)21(25)20(24)16-17/h15-16,18,22,26-27H,2-14H2,1H3. The van der Waals surface area contributed by atoms with Crippen molar-refractivity contribution in [2.24, 2.45) is 0 Å². The summed E-state index contributed by atoms with van der Waals surface area (Å²) in [6.45, 7) is 0.429. The molecule has 3 nitrogen and oxygen atoms in total. The van der Waals surface area contributed by atoms with Gasteiger partial charge >= 0.3 is 0 Å². The van der Waals surface area contributed by atoms with Crippen molar-refractivity contribution in [3.8, 4) is 0 Å². The minimum atomic E-state index is -1.76. The molecule has 0 radical (unpaired) electrons.